The van der Waals surface area contributed by atoms with E-state index in [1.54, 1.807) is 0 Å². The van der Waals surface area contributed by atoms with E-state index in [1.807, 2.05) is 24.3 Å². The van der Waals surface area contributed by atoms with Crippen molar-refractivity contribution in [3.05, 3.63) is 29.8 Å². The molecule has 1 aliphatic carbocycles. The molecule has 0 heterocycles. The van der Waals surface area contributed by atoms with Gasteiger partial charge in [-0.25, -0.2) is 0 Å². The van der Waals surface area contributed by atoms with E-state index in [0.717, 1.165) is 36.9 Å². The summed E-state index contributed by atoms with van der Waals surface area (Å²) in [6.45, 7) is 0.404. The lowest BCUT2D eigenvalue weighted by atomic mass is 9.88. The van der Waals surface area contributed by atoms with Crippen molar-refractivity contribution in [1.82, 2.24) is 5.32 Å². The smallest absolute Gasteiger partial charge is 0.234 e. The van der Waals surface area contributed by atoms with Crippen LogP contribution in [0.15, 0.2) is 24.3 Å². The van der Waals surface area contributed by atoms with Gasteiger partial charge in [-0.2, -0.15) is 0 Å². The van der Waals surface area contributed by atoms with Gasteiger partial charge in [-0.3, -0.25) is 9.59 Å². The Bertz CT molecular complexity index is 496. The Morgan fingerprint density at radius 3 is 2.67 bits per heavy atom. The van der Waals surface area contributed by atoms with Crippen molar-refractivity contribution < 1.29 is 9.59 Å². The number of benzene rings is 1. The molecule has 2 rings (SSSR count). The predicted molar refractivity (Wildman–Crippen MR) is 82.5 cm³/mol. The van der Waals surface area contributed by atoms with E-state index in [9.17, 15) is 9.59 Å². The second kappa shape index (κ2) is 7.78. The van der Waals surface area contributed by atoms with Crippen LogP contribution in [0.5, 0.6) is 0 Å². The number of nitrogens with two attached hydrogens (primary N) is 1. The Balaban J connectivity index is 1.90. The van der Waals surface area contributed by atoms with E-state index in [4.69, 9.17) is 5.73 Å². The molecule has 0 aromatic heterocycles. The third-order valence-electron chi connectivity index (χ3n) is 3.85. The molecule has 1 fully saturated rings. The third kappa shape index (κ3) is 4.86. The SMILES string of the molecule is NCC(=O)NCc1cccc(NC(=O)C2CCCCC2)c1. The Kier molecular flexibility index (Phi) is 5.75. The van der Waals surface area contributed by atoms with Gasteiger partial charge in [-0.15, -0.1) is 0 Å². The van der Waals surface area contributed by atoms with E-state index in [1.165, 1.54) is 6.42 Å². The van der Waals surface area contributed by atoms with Crippen molar-refractivity contribution in [2.75, 3.05) is 11.9 Å². The summed E-state index contributed by atoms with van der Waals surface area (Å²) >= 11 is 0. The molecule has 0 radical (unpaired) electrons. The van der Waals surface area contributed by atoms with Crippen LogP contribution >= 0.6 is 0 Å². The summed E-state index contributed by atoms with van der Waals surface area (Å²) in [5, 5.41) is 5.69. The molecule has 0 saturated heterocycles. The highest BCUT2D eigenvalue weighted by atomic mass is 16.2. The first-order valence-electron chi connectivity index (χ1n) is 7.55. The zero-order valence-electron chi connectivity index (χ0n) is 12.2. The number of amides is 2. The minimum Gasteiger partial charge on any atom is -0.351 e. The maximum atomic E-state index is 12.2. The molecule has 4 N–H and O–H groups in total. The van der Waals surface area contributed by atoms with Gasteiger partial charge in [0.2, 0.25) is 11.8 Å². The molecular formula is C16H23N3O2. The van der Waals surface area contributed by atoms with Crippen molar-refractivity contribution >= 4 is 17.5 Å². The monoisotopic (exact) mass is 289 g/mol. The van der Waals surface area contributed by atoms with Crippen molar-refractivity contribution in [3.63, 3.8) is 0 Å². The maximum Gasteiger partial charge on any atom is 0.234 e. The van der Waals surface area contributed by atoms with E-state index in [2.05, 4.69) is 10.6 Å². The molecular weight excluding hydrogens is 266 g/mol. The Morgan fingerprint density at radius 2 is 1.95 bits per heavy atom. The number of hydrogen-bond acceptors (Lipinski definition) is 3. The molecule has 0 bridgehead atoms. The molecule has 5 nitrogen and oxygen atoms in total. The second-order valence-corrected chi connectivity index (χ2v) is 5.51. The lowest BCUT2D eigenvalue weighted by Gasteiger charge is -2.20. The molecule has 1 aromatic rings. The summed E-state index contributed by atoms with van der Waals surface area (Å²) in [5.41, 5.74) is 6.97. The quantitative estimate of drug-likeness (QED) is 0.772. The van der Waals surface area contributed by atoms with Crippen LogP contribution in [-0.2, 0) is 16.1 Å². The number of carbonyl (C=O) groups excluding carboxylic acids is 2. The summed E-state index contributed by atoms with van der Waals surface area (Å²) in [5.74, 6) is 0.0591. The number of nitrogens with one attached hydrogen (secondary N) is 2. The molecule has 0 spiro atoms. The fourth-order valence-electron chi connectivity index (χ4n) is 2.64. The second-order valence-electron chi connectivity index (χ2n) is 5.51. The van der Waals surface area contributed by atoms with Crippen molar-refractivity contribution in [2.24, 2.45) is 11.7 Å². The largest absolute Gasteiger partial charge is 0.351 e. The average Bonchev–Trinajstić information content (AvgIpc) is 2.53. The van der Waals surface area contributed by atoms with Crippen molar-refractivity contribution in [3.8, 4) is 0 Å². The van der Waals surface area contributed by atoms with Gasteiger partial charge in [0.25, 0.3) is 0 Å². The van der Waals surface area contributed by atoms with Gasteiger partial charge in [0.05, 0.1) is 6.54 Å². The maximum absolute atomic E-state index is 12.2. The van der Waals surface area contributed by atoms with Gasteiger partial charge in [0, 0.05) is 18.2 Å². The Labute approximate surface area is 125 Å². The standard InChI is InChI=1S/C16H23N3O2/c17-10-15(20)18-11-12-5-4-8-14(9-12)19-16(21)13-6-2-1-3-7-13/h4-5,8-9,13H,1-3,6-7,10-11,17H2,(H,18,20)(H,19,21). The highest BCUT2D eigenvalue weighted by molar-refractivity contribution is 5.92. The normalized spacial score (nSPS) is 15.5. The highest BCUT2D eigenvalue weighted by Gasteiger charge is 2.20. The molecule has 0 aliphatic heterocycles. The molecule has 1 aliphatic rings. The fourth-order valence-corrected chi connectivity index (χ4v) is 2.64. The fraction of sp³-hybridized carbons (Fsp3) is 0.500. The molecule has 0 atom stereocenters. The number of carbonyl (C=O) groups is 2. The van der Waals surface area contributed by atoms with Crippen LogP contribution in [-0.4, -0.2) is 18.4 Å². The van der Waals surface area contributed by atoms with E-state index < -0.39 is 0 Å². The van der Waals surface area contributed by atoms with E-state index >= 15 is 0 Å². The first-order valence-corrected chi connectivity index (χ1v) is 7.55. The number of anilines is 1. The van der Waals surface area contributed by atoms with Crippen molar-refractivity contribution in [1.29, 1.82) is 0 Å². The van der Waals surface area contributed by atoms with Crippen LogP contribution in [0.1, 0.15) is 37.7 Å². The van der Waals surface area contributed by atoms with Crippen LogP contribution in [0.4, 0.5) is 5.69 Å². The van der Waals surface area contributed by atoms with Gasteiger partial charge in [-0.1, -0.05) is 31.4 Å². The summed E-state index contributed by atoms with van der Waals surface area (Å²) in [7, 11) is 0. The molecule has 0 unspecified atom stereocenters. The summed E-state index contributed by atoms with van der Waals surface area (Å²) < 4.78 is 0. The topological polar surface area (TPSA) is 84.2 Å². The lowest BCUT2D eigenvalue weighted by Crippen LogP contribution is -2.29. The van der Waals surface area contributed by atoms with Crippen LogP contribution in [0.2, 0.25) is 0 Å². The van der Waals surface area contributed by atoms with Crippen LogP contribution < -0.4 is 16.4 Å². The molecule has 21 heavy (non-hydrogen) atoms. The molecule has 2 amide bonds. The minimum atomic E-state index is -0.188. The summed E-state index contributed by atoms with van der Waals surface area (Å²) in [6, 6.07) is 7.54. The van der Waals surface area contributed by atoms with Crippen LogP contribution in [0.3, 0.4) is 0 Å². The molecule has 1 aromatic carbocycles. The minimum absolute atomic E-state index is 0.0158. The number of hydrogen-bond donors (Lipinski definition) is 3. The Hall–Kier alpha value is -1.88. The van der Waals surface area contributed by atoms with Gasteiger partial charge in [0.1, 0.15) is 0 Å². The summed E-state index contributed by atoms with van der Waals surface area (Å²) in [6.07, 6.45) is 5.49. The summed E-state index contributed by atoms with van der Waals surface area (Å²) in [4.78, 5) is 23.3. The van der Waals surface area contributed by atoms with Gasteiger partial charge in [-0.05, 0) is 30.5 Å². The van der Waals surface area contributed by atoms with E-state index in [-0.39, 0.29) is 24.3 Å². The van der Waals surface area contributed by atoms with Crippen LogP contribution in [0, 0.1) is 5.92 Å². The highest BCUT2D eigenvalue weighted by Crippen LogP contribution is 2.25. The third-order valence-corrected chi connectivity index (χ3v) is 3.85. The zero-order valence-corrected chi connectivity index (χ0v) is 12.2. The molecule has 1 saturated carbocycles. The van der Waals surface area contributed by atoms with Gasteiger partial charge < -0.3 is 16.4 Å². The Morgan fingerprint density at radius 1 is 1.19 bits per heavy atom. The molecule has 5 heteroatoms. The average molecular weight is 289 g/mol. The first kappa shape index (κ1) is 15.5. The lowest BCUT2D eigenvalue weighted by molar-refractivity contribution is -0.121. The van der Waals surface area contributed by atoms with Gasteiger partial charge >= 0.3 is 0 Å². The van der Waals surface area contributed by atoms with Crippen molar-refractivity contribution in [2.45, 2.75) is 38.6 Å². The predicted octanol–water partition coefficient (Wildman–Crippen LogP) is 1.78. The van der Waals surface area contributed by atoms with Crippen LogP contribution in [0.25, 0.3) is 0 Å². The molecule has 114 valence electrons. The number of rotatable bonds is 5. The zero-order chi connectivity index (χ0) is 15.1. The first-order chi connectivity index (χ1) is 10.2. The van der Waals surface area contributed by atoms with E-state index in [0.29, 0.717) is 6.54 Å². The van der Waals surface area contributed by atoms with Gasteiger partial charge in [0.15, 0.2) is 0 Å².